The van der Waals surface area contributed by atoms with Crippen LogP contribution in [0.1, 0.15) is 12.0 Å². The van der Waals surface area contributed by atoms with Gasteiger partial charge in [0.1, 0.15) is 22.9 Å². The molecule has 5 heteroatoms. The first-order valence-corrected chi connectivity index (χ1v) is 4.63. The lowest BCUT2D eigenvalue weighted by Crippen LogP contribution is -1.99. The molecule has 0 heterocycles. The Balaban J connectivity index is 3.16. The fraction of sp³-hybridized carbons (Fsp3) is 0.300. The largest absolute Gasteiger partial charge is 0.495 e. The van der Waals surface area contributed by atoms with Gasteiger partial charge < -0.3 is 9.53 Å². The van der Waals surface area contributed by atoms with Crippen molar-refractivity contribution in [3.63, 3.8) is 0 Å². The van der Waals surface area contributed by atoms with Gasteiger partial charge in [0.25, 0.3) is 0 Å². The van der Waals surface area contributed by atoms with Crippen molar-refractivity contribution in [2.75, 3.05) is 7.11 Å². The molecule has 1 aromatic rings. The van der Waals surface area contributed by atoms with Gasteiger partial charge in [-0.2, -0.15) is 0 Å². The Kier molecular flexibility index (Phi) is 4.03. The first-order valence-electron chi connectivity index (χ1n) is 4.25. The lowest BCUT2D eigenvalue weighted by Gasteiger charge is -2.08. The van der Waals surface area contributed by atoms with Crippen LogP contribution in [0.3, 0.4) is 0 Å². The van der Waals surface area contributed by atoms with Gasteiger partial charge in [0.2, 0.25) is 0 Å². The van der Waals surface area contributed by atoms with E-state index in [2.05, 4.69) is 4.74 Å². The number of carbonyl (C=O) groups is 1. The molecule has 82 valence electrons. The zero-order chi connectivity index (χ0) is 11.4. The van der Waals surface area contributed by atoms with Crippen LogP contribution in [0.25, 0.3) is 0 Å². The number of benzene rings is 1. The molecule has 0 radical (unpaired) electrons. The minimum atomic E-state index is -0.865. The quantitative estimate of drug-likeness (QED) is 0.592. The van der Waals surface area contributed by atoms with Crippen molar-refractivity contribution in [2.45, 2.75) is 12.8 Å². The van der Waals surface area contributed by atoms with Crippen LogP contribution in [-0.2, 0) is 11.2 Å². The van der Waals surface area contributed by atoms with Crippen molar-refractivity contribution in [1.82, 2.24) is 0 Å². The van der Waals surface area contributed by atoms with Gasteiger partial charge in [-0.1, -0.05) is 11.6 Å². The molecule has 0 saturated carbocycles. The summed E-state index contributed by atoms with van der Waals surface area (Å²) in [6, 6.07) is 1.01. The second-order valence-electron chi connectivity index (χ2n) is 2.87. The highest BCUT2D eigenvalue weighted by molar-refractivity contribution is 6.32. The van der Waals surface area contributed by atoms with E-state index in [9.17, 15) is 13.6 Å². The van der Waals surface area contributed by atoms with Crippen LogP contribution in [-0.4, -0.2) is 13.4 Å². The summed E-state index contributed by atoms with van der Waals surface area (Å²) in [6.07, 6.45) is 0.637. The minimum absolute atomic E-state index is 0.00905. The first-order chi connectivity index (χ1) is 7.11. The molecule has 0 saturated heterocycles. The van der Waals surface area contributed by atoms with Gasteiger partial charge in [0.15, 0.2) is 5.82 Å². The smallest absolute Gasteiger partial charge is 0.151 e. The Labute approximate surface area is 90.8 Å². The maximum atomic E-state index is 13.5. The van der Waals surface area contributed by atoms with Crippen LogP contribution >= 0.6 is 11.6 Å². The highest BCUT2D eigenvalue weighted by atomic mass is 35.5. The number of ether oxygens (including phenoxy) is 1. The lowest BCUT2D eigenvalue weighted by molar-refractivity contribution is -0.107. The van der Waals surface area contributed by atoms with E-state index in [4.69, 9.17) is 11.6 Å². The summed E-state index contributed by atoms with van der Waals surface area (Å²) < 4.78 is 31.5. The van der Waals surface area contributed by atoms with Crippen LogP contribution in [0.2, 0.25) is 5.02 Å². The standard InChI is InChI=1S/C10H9ClF2O2/c1-15-8-5-7(12)6(3-2-4-14)10(13)9(8)11/h4-5H,2-3H2,1H3. The molecule has 0 N–H and O–H groups in total. The van der Waals surface area contributed by atoms with E-state index in [0.29, 0.717) is 6.29 Å². The fourth-order valence-corrected chi connectivity index (χ4v) is 1.44. The molecular weight excluding hydrogens is 226 g/mol. The Morgan fingerprint density at radius 2 is 2.20 bits per heavy atom. The molecule has 1 rings (SSSR count). The molecule has 15 heavy (non-hydrogen) atoms. The van der Waals surface area contributed by atoms with Crippen LogP contribution in [0.5, 0.6) is 5.75 Å². The number of hydrogen-bond acceptors (Lipinski definition) is 2. The van der Waals surface area contributed by atoms with Crippen LogP contribution in [0.4, 0.5) is 8.78 Å². The molecule has 2 nitrogen and oxygen atoms in total. The second kappa shape index (κ2) is 5.07. The van der Waals surface area contributed by atoms with E-state index < -0.39 is 11.6 Å². The summed E-state index contributed by atoms with van der Waals surface area (Å²) in [5, 5.41) is -0.264. The number of halogens is 3. The number of rotatable bonds is 4. The summed E-state index contributed by atoms with van der Waals surface area (Å²) in [5.41, 5.74) is -0.187. The van der Waals surface area contributed by atoms with Crippen molar-refractivity contribution in [3.8, 4) is 5.75 Å². The molecule has 0 amide bonds. The van der Waals surface area contributed by atoms with E-state index in [1.165, 1.54) is 7.11 Å². The van der Waals surface area contributed by atoms with Gasteiger partial charge in [-0.25, -0.2) is 8.78 Å². The minimum Gasteiger partial charge on any atom is -0.495 e. The van der Waals surface area contributed by atoms with E-state index >= 15 is 0 Å². The second-order valence-corrected chi connectivity index (χ2v) is 3.25. The zero-order valence-corrected chi connectivity index (χ0v) is 8.78. The van der Waals surface area contributed by atoms with Crippen molar-refractivity contribution in [1.29, 1.82) is 0 Å². The summed E-state index contributed by atoms with van der Waals surface area (Å²) in [4.78, 5) is 10.1. The average Bonchev–Trinajstić information content (AvgIpc) is 2.23. The molecule has 0 aliphatic rings. The maximum absolute atomic E-state index is 13.5. The van der Waals surface area contributed by atoms with Gasteiger partial charge in [-0.15, -0.1) is 0 Å². The summed E-state index contributed by atoms with van der Waals surface area (Å²) in [5.74, 6) is -1.67. The lowest BCUT2D eigenvalue weighted by atomic mass is 10.1. The monoisotopic (exact) mass is 234 g/mol. The zero-order valence-electron chi connectivity index (χ0n) is 8.02. The van der Waals surface area contributed by atoms with Gasteiger partial charge in [0, 0.05) is 18.1 Å². The summed E-state index contributed by atoms with van der Waals surface area (Å²) in [6.45, 7) is 0. The third-order valence-corrected chi connectivity index (χ3v) is 2.30. The molecule has 0 fully saturated rings. The van der Waals surface area contributed by atoms with E-state index in [1.54, 1.807) is 0 Å². The van der Waals surface area contributed by atoms with Gasteiger partial charge in [-0.3, -0.25) is 0 Å². The Bertz CT molecular complexity index is 380. The molecule has 0 aliphatic carbocycles. The van der Waals surface area contributed by atoms with E-state index in [1.807, 2.05) is 0 Å². The van der Waals surface area contributed by atoms with Crippen LogP contribution in [0.15, 0.2) is 6.07 Å². The first kappa shape index (κ1) is 11.9. The third-order valence-electron chi connectivity index (χ3n) is 1.95. The van der Waals surface area contributed by atoms with Crippen LogP contribution in [0, 0.1) is 11.6 Å². The van der Waals surface area contributed by atoms with E-state index in [0.717, 1.165) is 6.07 Å². The topological polar surface area (TPSA) is 26.3 Å². The Morgan fingerprint density at radius 1 is 1.53 bits per heavy atom. The van der Waals surface area contributed by atoms with Crippen molar-refractivity contribution in [3.05, 3.63) is 28.3 Å². The highest BCUT2D eigenvalue weighted by Crippen LogP contribution is 2.31. The number of aldehydes is 1. The fourth-order valence-electron chi connectivity index (χ4n) is 1.19. The Hall–Kier alpha value is -1.16. The Morgan fingerprint density at radius 3 is 2.73 bits per heavy atom. The van der Waals surface area contributed by atoms with Gasteiger partial charge in [-0.05, 0) is 6.42 Å². The summed E-state index contributed by atoms with van der Waals surface area (Å²) in [7, 11) is 1.27. The third kappa shape index (κ3) is 2.45. The SMILES string of the molecule is COc1cc(F)c(CCC=O)c(F)c1Cl. The maximum Gasteiger partial charge on any atom is 0.151 e. The number of carbonyl (C=O) groups excluding carboxylic acids is 1. The molecule has 0 spiro atoms. The van der Waals surface area contributed by atoms with Crippen molar-refractivity contribution in [2.24, 2.45) is 0 Å². The normalized spacial score (nSPS) is 10.1. The predicted molar refractivity (Wildman–Crippen MR) is 52.3 cm³/mol. The predicted octanol–water partition coefficient (Wildman–Crippen LogP) is 2.76. The molecule has 0 atom stereocenters. The van der Waals surface area contributed by atoms with Gasteiger partial charge in [0.05, 0.1) is 7.11 Å². The summed E-state index contributed by atoms with van der Waals surface area (Å²) >= 11 is 5.59. The van der Waals surface area contributed by atoms with Crippen molar-refractivity contribution < 1.29 is 18.3 Å². The van der Waals surface area contributed by atoms with Gasteiger partial charge >= 0.3 is 0 Å². The number of hydrogen-bond donors (Lipinski definition) is 0. The highest BCUT2D eigenvalue weighted by Gasteiger charge is 2.17. The molecule has 0 bridgehead atoms. The van der Waals surface area contributed by atoms with Crippen molar-refractivity contribution >= 4 is 17.9 Å². The molecule has 0 aromatic heterocycles. The number of methoxy groups -OCH3 is 1. The van der Waals surface area contributed by atoms with E-state index in [-0.39, 0.29) is 29.2 Å². The molecule has 1 aromatic carbocycles. The average molecular weight is 235 g/mol. The molecule has 0 aliphatic heterocycles. The molecule has 0 unspecified atom stereocenters. The van der Waals surface area contributed by atoms with Crippen LogP contribution < -0.4 is 4.74 Å². The molecular formula is C10H9ClF2O2.